The largest absolute Gasteiger partial charge is 0.496 e. The van der Waals surface area contributed by atoms with E-state index < -0.39 is 0 Å². The van der Waals surface area contributed by atoms with Crippen LogP contribution in [-0.4, -0.2) is 37.6 Å². The van der Waals surface area contributed by atoms with E-state index in [0.29, 0.717) is 12.1 Å². The van der Waals surface area contributed by atoms with E-state index in [4.69, 9.17) is 4.74 Å². The fourth-order valence-corrected chi connectivity index (χ4v) is 3.73. The number of carbonyl (C=O) groups is 1. The monoisotopic (exact) mass is 402 g/mol. The molecule has 1 amide bonds. The highest BCUT2D eigenvalue weighted by Crippen LogP contribution is 2.22. The van der Waals surface area contributed by atoms with Gasteiger partial charge in [0.25, 0.3) is 5.91 Å². The van der Waals surface area contributed by atoms with Crippen LogP contribution in [0.3, 0.4) is 0 Å². The van der Waals surface area contributed by atoms with Crippen molar-refractivity contribution in [1.29, 1.82) is 0 Å². The Morgan fingerprint density at radius 2 is 1.97 bits per heavy atom. The summed E-state index contributed by atoms with van der Waals surface area (Å²) in [6.07, 6.45) is 1.70. The lowest BCUT2D eigenvalue weighted by molar-refractivity contribution is 0.0950. The molecule has 30 heavy (non-hydrogen) atoms. The highest BCUT2D eigenvalue weighted by atomic mass is 16.5. The normalized spacial score (nSPS) is 16.2. The number of rotatable bonds is 6. The van der Waals surface area contributed by atoms with Crippen LogP contribution in [0.2, 0.25) is 0 Å². The molecule has 2 aromatic carbocycles. The fourth-order valence-electron chi connectivity index (χ4n) is 3.73. The molecule has 0 unspecified atom stereocenters. The summed E-state index contributed by atoms with van der Waals surface area (Å²) >= 11 is 0. The predicted octanol–water partition coefficient (Wildman–Crippen LogP) is 3.17. The van der Waals surface area contributed by atoms with Gasteiger partial charge in [0.1, 0.15) is 11.6 Å². The van der Waals surface area contributed by atoms with E-state index in [0.717, 1.165) is 36.8 Å². The van der Waals surface area contributed by atoms with Crippen LogP contribution in [-0.2, 0) is 6.54 Å². The third-order valence-electron chi connectivity index (χ3n) is 5.34. The number of pyridine rings is 1. The van der Waals surface area contributed by atoms with Gasteiger partial charge < -0.3 is 20.3 Å². The Morgan fingerprint density at radius 1 is 1.17 bits per heavy atom. The smallest absolute Gasteiger partial charge is 0.251 e. The third kappa shape index (κ3) is 4.60. The number of amides is 1. The van der Waals surface area contributed by atoms with Gasteiger partial charge in [0, 0.05) is 49.5 Å². The van der Waals surface area contributed by atoms with Crippen LogP contribution in [0.1, 0.15) is 27.5 Å². The molecular weight excluding hydrogens is 376 g/mol. The van der Waals surface area contributed by atoms with E-state index in [1.54, 1.807) is 19.4 Å². The average molecular weight is 402 g/mol. The lowest BCUT2D eigenvalue weighted by atomic mass is 10.0. The van der Waals surface area contributed by atoms with Gasteiger partial charge in [0.15, 0.2) is 0 Å². The van der Waals surface area contributed by atoms with Crippen molar-refractivity contribution >= 4 is 11.7 Å². The molecule has 2 heterocycles. The van der Waals surface area contributed by atoms with Crippen LogP contribution in [0.4, 0.5) is 5.82 Å². The van der Waals surface area contributed by atoms with Crippen LogP contribution >= 0.6 is 0 Å². The summed E-state index contributed by atoms with van der Waals surface area (Å²) in [7, 11) is 1.63. The Kier molecular flexibility index (Phi) is 6.25. The highest BCUT2D eigenvalue weighted by molar-refractivity contribution is 5.94. The molecule has 1 aromatic heterocycles. The number of piperazine rings is 1. The van der Waals surface area contributed by atoms with Crippen molar-refractivity contribution in [1.82, 2.24) is 15.6 Å². The summed E-state index contributed by atoms with van der Waals surface area (Å²) in [5.74, 6) is 1.46. The fraction of sp³-hybridized carbons (Fsp3) is 0.250. The average Bonchev–Trinajstić information content (AvgIpc) is 2.83. The van der Waals surface area contributed by atoms with Crippen molar-refractivity contribution in [3.05, 3.63) is 89.6 Å². The maximum Gasteiger partial charge on any atom is 0.251 e. The zero-order valence-electron chi connectivity index (χ0n) is 17.0. The number of aromatic nitrogens is 1. The van der Waals surface area contributed by atoms with Gasteiger partial charge in [-0.2, -0.15) is 0 Å². The van der Waals surface area contributed by atoms with Crippen LogP contribution in [0.15, 0.2) is 72.9 Å². The molecule has 1 fully saturated rings. The highest BCUT2D eigenvalue weighted by Gasteiger charge is 2.22. The summed E-state index contributed by atoms with van der Waals surface area (Å²) in [4.78, 5) is 19.5. The quantitative estimate of drug-likeness (QED) is 0.663. The third-order valence-corrected chi connectivity index (χ3v) is 5.34. The number of methoxy groups -OCH3 is 1. The van der Waals surface area contributed by atoms with E-state index in [-0.39, 0.29) is 11.9 Å². The Bertz CT molecular complexity index is 993. The maximum absolute atomic E-state index is 12.7. The number of hydrogen-bond donors (Lipinski definition) is 2. The van der Waals surface area contributed by atoms with E-state index in [1.165, 1.54) is 5.56 Å². The van der Waals surface area contributed by atoms with Gasteiger partial charge in [-0.15, -0.1) is 0 Å². The van der Waals surface area contributed by atoms with Gasteiger partial charge in [-0.05, 0) is 23.8 Å². The topological polar surface area (TPSA) is 66.5 Å². The number of nitrogens with zero attached hydrogens (tertiary/aromatic N) is 2. The van der Waals surface area contributed by atoms with Crippen molar-refractivity contribution in [3.8, 4) is 5.75 Å². The summed E-state index contributed by atoms with van der Waals surface area (Å²) in [5, 5.41) is 6.54. The molecule has 6 heteroatoms. The van der Waals surface area contributed by atoms with Crippen LogP contribution in [0.25, 0.3) is 0 Å². The molecule has 3 aromatic rings. The predicted molar refractivity (Wildman–Crippen MR) is 118 cm³/mol. The zero-order valence-corrected chi connectivity index (χ0v) is 17.0. The molecule has 4 rings (SSSR count). The lowest BCUT2D eigenvalue weighted by Crippen LogP contribution is -2.46. The Morgan fingerprint density at radius 3 is 2.80 bits per heavy atom. The minimum Gasteiger partial charge on any atom is -0.496 e. The second kappa shape index (κ2) is 9.41. The van der Waals surface area contributed by atoms with Crippen molar-refractivity contribution < 1.29 is 9.53 Å². The number of hydrogen-bond acceptors (Lipinski definition) is 5. The molecule has 0 aliphatic carbocycles. The Labute approximate surface area is 176 Å². The number of nitrogens with one attached hydrogen (secondary N) is 2. The Hall–Kier alpha value is -3.38. The maximum atomic E-state index is 12.7. The van der Waals surface area contributed by atoms with Crippen LogP contribution < -0.4 is 20.3 Å². The molecule has 0 bridgehead atoms. The van der Waals surface area contributed by atoms with Gasteiger partial charge in [-0.1, -0.05) is 48.5 Å². The number of benzene rings is 2. The number of para-hydroxylation sites is 1. The van der Waals surface area contributed by atoms with Gasteiger partial charge in [0.05, 0.1) is 7.11 Å². The number of carbonyl (C=O) groups excluding carboxylic acids is 1. The summed E-state index contributed by atoms with van der Waals surface area (Å²) in [5.41, 5.74) is 2.80. The molecule has 0 radical (unpaired) electrons. The zero-order chi connectivity index (χ0) is 20.8. The van der Waals surface area contributed by atoms with Gasteiger partial charge in [-0.25, -0.2) is 4.98 Å². The van der Waals surface area contributed by atoms with Crippen molar-refractivity contribution in [2.24, 2.45) is 0 Å². The van der Waals surface area contributed by atoms with Crippen molar-refractivity contribution in [3.63, 3.8) is 0 Å². The first kappa shape index (κ1) is 19.9. The van der Waals surface area contributed by atoms with Crippen LogP contribution in [0.5, 0.6) is 5.75 Å². The van der Waals surface area contributed by atoms with Gasteiger partial charge in [-0.3, -0.25) is 4.79 Å². The summed E-state index contributed by atoms with van der Waals surface area (Å²) in [6, 6.07) is 21.9. The summed E-state index contributed by atoms with van der Waals surface area (Å²) in [6.45, 7) is 2.93. The minimum atomic E-state index is -0.126. The minimum absolute atomic E-state index is 0.126. The van der Waals surface area contributed by atoms with Gasteiger partial charge >= 0.3 is 0 Å². The molecule has 1 aliphatic rings. The first-order valence-electron chi connectivity index (χ1n) is 10.1. The first-order chi connectivity index (χ1) is 14.7. The summed E-state index contributed by atoms with van der Waals surface area (Å²) < 4.78 is 5.35. The van der Waals surface area contributed by atoms with Crippen molar-refractivity contribution in [2.75, 3.05) is 31.6 Å². The number of anilines is 1. The molecular formula is C24H26N4O2. The second-order valence-corrected chi connectivity index (χ2v) is 7.26. The van der Waals surface area contributed by atoms with Crippen LogP contribution in [0, 0.1) is 0 Å². The standard InChI is InChI=1S/C24H26N4O2/c1-30-22-10-6-5-9-20(22)16-27-24(29)19-11-12-26-23(15-19)28-14-13-25-21(17-28)18-7-3-2-4-8-18/h2-12,15,21,25H,13-14,16-17H2,1H3,(H,27,29)/t21-/m0/s1. The second-order valence-electron chi connectivity index (χ2n) is 7.26. The molecule has 1 aliphatic heterocycles. The lowest BCUT2D eigenvalue weighted by Gasteiger charge is -2.34. The SMILES string of the molecule is COc1ccccc1CNC(=O)c1ccnc(N2CCN[C@H](c3ccccc3)C2)c1. The molecule has 0 spiro atoms. The molecule has 1 saturated heterocycles. The van der Waals surface area contributed by atoms with E-state index in [1.807, 2.05) is 36.4 Å². The molecule has 154 valence electrons. The first-order valence-corrected chi connectivity index (χ1v) is 10.1. The van der Waals surface area contributed by atoms with E-state index in [9.17, 15) is 4.79 Å². The molecule has 2 N–H and O–H groups in total. The van der Waals surface area contributed by atoms with Gasteiger partial charge in [0.2, 0.25) is 0 Å². The molecule has 6 nitrogen and oxygen atoms in total. The van der Waals surface area contributed by atoms with E-state index in [2.05, 4.69) is 44.8 Å². The molecule has 0 saturated carbocycles. The number of ether oxygens (including phenoxy) is 1. The van der Waals surface area contributed by atoms with Crippen molar-refractivity contribution in [2.45, 2.75) is 12.6 Å². The van der Waals surface area contributed by atoms with E-state index >= 15 is 0 Å². The Balaban J connectivity index is 1.43. The molecule has 1 atom stereocenters.